The monoisotopic (exact) mass is 456 g/mol. The number of likely N-dealkylation sites (N-methyl/N-ethyl adjacent to an activating group) is 1. The van der Waals surface area contributed by atoms with Crippen LogP contribution in [-0.4, -0.2) is 37.6 Å². The highest BCUT2D eigenvalue weighted by atomic mass is 35.5. The smallest absolute Gasteiger partial charge is 0.420 e. The molecule has 3 rings (SSSR count). The Labute approximate surface area is 184 Å². The number of fused-ring (bicyclic) bond motifs is 1. The zero-order valence-electron chi connectivity index (χ0n) is 17.7. The molecule has 1 aliphatic heterocycles. The van der Waals surface area contributed by atoms with Crippen molar-refractivity contribution >= 4 is 23.2 Å². The summed E-state index contributed by atoms with van der Waals surface area (Å²) in [5.41, 5.74) is 1.14. The minimum absolute atomic E-state index is 0.174. The average Bonchev–Trinajstić information content (AvgIpc) is 2.67. The van der Waals surface area contributed by atoms with Gasteiger partial charge in [-0.1, -0.05) is 23.7 Å². The van der Waals surface area contributed by atoms with E-state index in [0.29, 0.717) is 5.69 Å². The number of amides is 1. The molecule has 0 fully saturated rings. The summed E-state index contributed by atoms with van der Waals surface area (Å²) in [6, 6.07) is 6.23. The molecule has 0 saturated carbocycles. The Balaban J connectivity index is 2.05. The second-order valence-corrected chi connectivity index (χ2v) is 8.08. The molecule has 0 aliphatic carbocycles. The number of rotatable bonds is 5. The van der Waals surface area contributed by atoms with Crippen LogP contribution in [0.15, 0.2) is 24.3 Å². The third kappa shape index (κ3) is 4.91. The molecule has 2 aromatic rings. The van der Waals surface area contributed by atoms with E-state index in [2.05, 4.69) is 10.2 Å². The van der Waals surface area contributed by atoms with Gasteiger partial charge in [-0.25, -0.2) is 0 Å². The fourth-order valence-corrected chi connectivity index (χ4v) is 3.93. The van der Waals surface area contributed by atoms with Gasteiger partial charge in [0.05, 0.1) is 18.8 Å². The van der Waals surface area contributed by atoms with Crippen LogP contribution < -0.4 is 14.8 Å². The predicted molar refractivity (Wildman–Crippen MR) is 113 cm³/mol. The van der Waals surface area contributed by atoms with Gasteiger partial charge in [0.25, 0.3) is 5.91 Å². The summed E-state index contributed by atoms with van der Waals surface area (Å²) in [6.45, 7) is 4.71. The highest BCUT2D eigenvalue weighted by Gasteiger charge is 2.39. The first-order valence-electron chi connectivity index (χ1n) is 9.78. The molecule has 0 unspecified atom stereocenters. The second-order valence-electron chi connectivity index (χ2n) is 7.70. The van der Waals surface area contributed by atoms with Crippen molar-refractivity contribution in [1.29, 1.82) is 0 Å². The lowest BCUT2D eigenvalue weighted by Crippen LogP contribution is -2.27. The number of hydrogen-bond donors (Lipinski definition) is 1. The number of carbonyl (C=O) groups excluding carboxylic acids is 1. The number of halogens is 4. The lowest BCUT2D eigenvalue weighted by atomic mass is 9.97. The van der Waals surface area contributed by atoms with Gasteiger partial charge in [-0.2, -0.15) is 13.2 Å². The van der Waals surface area contributed by atoms with Gasteiger partial charge in [-0.15, -0.1) is 0 Å². The summed E-state index contributed by atoms with van der Waals surface area (Å²) in [5, 5.41) is 2.34. The molecule has 0 radical (unpaired) electrons. The van der Waals surface area contributed by atoms with Crippen LogP contribution in [0.25, 0.3) is 0 Å². The third-order valence-corrected chi connectivity index (χ3v) is 5.33. The van der Waals surface area contributed by atoms with Crippen LogP contribution in [0.2, 0.25) is 5.02 Å². The molecular formula is C22H24ClF3N2O3. The van der Waals surface area contributed by atoms with Gasteiger partial charge in [0.1, 0.15) is 10.6 Å². The molecule has 1 heterocycles. The normalized spacial score (nSPS) is 14.4. The molecule has 1 N–H and O–H groups in total. The average molecular weight is 457 g/mol. The van der Waals surface area contributed by atoms with E-state index in [1.165, 1.54) is 7.11 Å². The minimum atomic E-state index is -4.77. The number of nitrogens with zero attached hydrogens (tertiary/aromatic N) is 1. The van der Waals surface area contributed by atoms with Crippen molar-refractivity contribution in [1.82, 2.24) is 4.90 Å². The molecule has 9 heteroatoms. The van der Waals surface area contributed by atoms with Crippen molar-refractivity contribution in [3.8, 4) is 11.5 Å². The Morgan fingerprint density at radius 2 is 1.97 bits per heavy atom. The van der Waals surface area contributed by atoms with Crippen molar-refractivity contribution < 1.29 is 27.4 Å². The van der Waals surface area contributed by atoms with Crippen molar-refractivity contribution in [3.63, 3.8) is 0 Å². The third-order valence-electron chi connectivity index (χ3n) is 4.99. The molecule has 0 spiro atoms. The first kappa shape index (κ1) is 23.2. The zero-order valence-corrected chi connectivity index (χ0v) is 18.4. The van der Waals surface area contributed by atoms with Crippen molar-refractivity contribution in [2.75, 3.05) is 26.0 Å². The Hall–Kier alpha value is -2.45. The van der Waals surface area contributed by atoms with Crippen LogP contribution >= 0.6 is 11.6 Å². The molecule has 0 atom stereocenters. The van der Waals surface area contributed by atoms with Gasteiger partial charge >= 0.3 is 6.18 Å². The Morgan fingerprint density at radius 3 is 2.58 bits per heavy atom. The minimum Gasteiger partial charge on any atom is -0.494 e. The number of alkyl halides is 3. The predicted octanol–water partition coefficient (Wildman–Crippen LogP) is 5.39. The Kier molecular flexibility index (Phi) is 6.71. The van der Waals surface area contributed by atoms with Crippen LogP contribution in [-0.2, 0) is 19.1 Å². The number of carbonyl (C=O) groups is 1. The number of nitrogens with one attached hydrogen (secondary N) is 1. The van der Waals surface area contributed by atoms with Crippen molar-refractivity contribution in [2.45, 2.75) is 39.1 Å². The quantitative estimate of drug-likeness (QED) is 0.655. The number of methoxy groups -OCH3 is 1. The SMILES string of the molecule is COc1c(C(=O)Nc2cccc3c2CCN(C)C3)cc(C(F)(F)F)c(OC(C)C)c1Cl. The summed E-state index contributed by atoms with van der Waals surface area (Å²) in [5.74, 6) is -1.47. The maximum absolute atomic E-state index is 13.7. The molecule has 0 saturated heterocycles. The highest BCUT2D eigenvalue weighted by Crippen LogP contribution is 2.47. The molecule has 1 amide bonds. The summed E-state index contributed by atoms with van der Waals surface area (Å²) < 4.78 is 51.7. The fourth-order valence-electron chi connectivity index (χ4n) is 3.60. The Bertz CT molecular complexity index is 993. The maximum Gasteiger partial charge on any atom is 0.420 e. The number of ether oxygens (including phenoxy) is 2. The maximum atomic E-state index is 13.7. The van der Waals surface area contributed by atoms with Crippen LogP contribution in [0.4, 0.5) is 18.9 Å². The number of hydrogen-bond acceptors (Lipinski definition) is 4. The van der Waals surface area contributed by atoms with Crippen LogP contribution in [0, 0.1) is 0 Å². The van der Waals surface area contributed by atoms with Gasteiger partial charge in [0, 0.05) is 18.8 Å². The summed E-state index contributed by atoms with van der Waals surface area (Å²) in [7, 11) is 3.24. The number of anilines is 1. The molecular weight excluding hydrogens is 433 g/mol. The summed E-state index contributed by atoms with van der Waals surface area (Å²) in [6.07, 6.45) is -4.61. The van der Waals surface area contributed by atoms with Gasteiger partial charge in [0.2, 0.25) is 0 Å². The summed E-state index contributed by atoms with van der Waals surface area (Å²) in [4.78, 5) is 15.2. The molecule has 0 aromatic heterocycles. The van der Waals surface area contributed by atoms with Gasteiger partial charge in [-0.05, 0) is 50.6 Å². The lowest BCUT2D eigenvalue weighted by molar-refractivity contribution is -0.139. The van der Waals surface area contributed by atoms with E-state index in [1.807, 2.05) is 13.1 Å². The Morgan fingerprint density at radius 1 is 1.26 bits per heavy atom. The molecule has 2 aromatic carbocycles. The van der Waals surface area contributed by atoms with E-state index in [1.54, 1.807) is 26.0 Å². The number of benzene rings is 2. The van der Waals surface area contributed by atoms with Gasteiger partial charge in [-0.3, -0.25) is 4.79 Å². The van der Waals surface area contributed by atoms with Crippen LogP contribution in [0.3, 0.4) is 0 Å². The first-order chi connectivity index (χ1) is 14.5. The topological polar surface area (TPSA) is 50.8 Å². The van der Waals surface area contributed by atoms with E-state index < -0.39 is 34.5 Å². The second kappa shape index (κ2) is 8.96. The van der Waals surface area contributed by atoms with Crippen LogP contribution in [0.5, 0.6) is 11.5 Å². The van der Waals surface area contributed by atoms with E-state index in [4.69, 9.17) is 21.1 Å². The summed E-state index contributed by atoms with van der Waals surface area (Å²) >= 11 is 6.21. The molecule has 1 aliphatic rings. The van der Waals surface area contributed by atoms with Crippen LogP contribution in [0.1, 0.15) is 40.9 Å². The van der Waals surface area contributed by atoms with E-state index in [0.717, 1.165) is 36.7 Å². The largest absolute Gasteiger partial charge is 0.494 e. The molecule has 5 nitrogen and oxygen atoms in total. The fraction of sp³-hybridized carbons (Fsp3) is 0.409. The van der Waals surface area contributed by atoms with E-state index in [9.17, 15) is 18.0 Å². The molecule has 168 valence electrons. The first-order valence-corrected chi connectivity index (χ1v) is 10.2. The molecule has 0 bridgehead atoms. The van der Waals surface area contributed by atoms with E-state index >= 15 is 0 Å². The zero-order chi connectivity index (χ0) is 22.9. The van der Waals surface area contributed by atoms with E-state index in [-0.39, 0.29) is 11.3 Å². The standard InChI is InChI=1S/C22H24ClF3N2O3/c1-12(2)31-20-16(22(24,25)26)10-15(19(30-4)18(20)23)21(29)27-17-7-5-6-13-11-28(3)9-8-14(13)17/h5-7,10,12H,8-9,11H2,1-4H3,(H,27,29). The molecule has 31 heavy (non-hydrogen) atoms. The van der Waals surface area contributed by atoms with Gasteiger partial charge in [0.15, 0.2) is 11.5 Å². The van der Waals surface area contributed by atoms with Gasteiger partial charge < -0.3 is 19.7 Å². The lowest BCUT2D eigenvalue weighted by Gasteiger charge is -2.27. The van der Waals surface area contributed by atoms with Crippen molar-refractivity contribution in [2.24, 2.45) is 0 Å². The van der Waals surface area contributed by atoms with Crippen molar-refractivity contribution in [3.05, 3.63) is 51.5 Å². The highest BCUT2D eigenvalue weighted by molar-refractivity contribution is 6.34.